The van der Waals surface area contributed by atoms with Crippen molar-refractivity contribution in [1.29, 1.82) is 0 Å². The highest BCUT2D eigenvalue weighted by Crippen LogP contribution is 2.16. The number of anilines is 1. The number of furan rings is 1. The van der Waals surface area contributed by atoms with Crippen molar-refractivity contribution in [2.75, 3.05) is 5.32 Å². The summed E-state index contributed by atoms with van der Waals surface area (Å²) in [5, 5.41) is 3.65. The monoisotopic (exact) mass is 286 g/mol. The molecule has 0 spiro atoms. The van der Waals surface area contributed by atoms with Gasteiger partial charge in [-0.25, -0.2) is 4.98 Å². The first-order chi connectivity index (χ1) is 7.24. The van der Waals surface area contributed by atoms with E-state index in [9.17, 15) is 0 Å². The molecule has 0 aliphatic heterocycles. The van der Waals surface area contributed by atoms with Crippen LogP contribution in [0.2, 0.25) is 5.15 Å². The zero-order chi connectivity index (χ0) is 10.7. The third-order valence-corrected chi connectivity index (χ3v) is 2.47. The lowest BCUT2D eigenvalue weighted by atomic mass is 10.4. The maximum Gasteiger partial charge on any atom is 0.169 e. The number of hydrogen-bond donors (Lipinski definition) is 1. The number of rotatable bonds is 3. The molecule has 2 rings (SSSR count). The van der Waals surface area contributed by atoms with E-state index >= 15 is 0 Å². The summed E-state index contributed by atoms with van der Waals surface area (Å²) < 4.78 is 6.07. The molecular weight excluding hydrogens is 279 g/mol. The molecule has 0 aliphatic carbocycles. The molecule has 0 aromatic carbocycles. The predicted molar refractivity (Wildman–Crippen MR) is 63.0 cm³/mol. The minimum absolute atomic E-state index is 0.487. The minimum Gasteiger partial charge on any atom is -0.452 e. The van der Waals surface area contributed by atoms with Gasteiger partial charge in [0.15, 0.2) is 4.67 Å². The molecule has 0 radical (unpaired) electrons. The van der Waals surface area contributed by atoms with Crippen LogP contribution in [0.3, 0.4) is 0 Å². The predicted octanol–water partition coefficient (Wildman–Crippen LogP) is 3.70. The van der Waals surface area contributed by atoms with Crippen LogP contribution in [0.15, 0.2) is 39.5 Å². The number of halogens is 2. The molecule has 0 fully saturated rings. The number of hydrogen-bond acceptors (Lipinski definition) is 3. The van der Waals surface area contributed by atoms with Crippen molar-refractivity contribution in [3.8, 4) is 0 Å². The Morgan fingerprint density at radius 3 is 2.80 bits per heavy atom. The van der Waals surface area contributed by atoms with Gasteiger partial charge in [0.25, 0.3) is 0 Å². The highest BCUT2D eigenvalue weighted by Gasteiger charge is 1.99. The van der Waals surface area contributed by atoms with Crippen LogP contribution >= 0.6 is 27.5 Å². The second-order valence-corrected chi connectivity index (χ2v) is 4.10. The van der Waals surface area contributed by atoms with Crippen molar-refractivity contribution in [1.82, 2.24) is 4.98 Å². The summed E-state index contributed by atoms with van der Waals surface area (Å²) >= 11 is 8.91. The number of pyridine rings is 1. The fourth-order valence-electron chi connectivity index (χ4n) is 1.12. The maximum atomic E-state index is 5.67. The van der Waals surface area contributed by atoms with Crippen LogP contribution in [-0.2, 0) is 6.54 Å². The van der Waals surface area contributed by atoms with Crippen molar-refractivity contribution in [2.45, 2.75) is 6.54 Å². The lowest BCUT2D eigenvalue weighted by Crippen LogP contribution is -1.98. The number of nitrogens with zero attached hydrogens (tertiary/aromatic N) is 1. The van der Waals surface area contributed by atoms with Crippen LogP contribution in [0, 0.1) is 0 Å². The van der Waals surface area contributed by atoms with E-state index < -0.39 is 0 Å². The molecule has 2 aromatic heterocycles. The molecule has 0 unspecified atom stereocenters. The molecule has 0 saturated heterocycles. The summed E-state index contributed by atoms with van der Waals surface area (Å²) in [6.07, 6.45) is 1.68. The number of nitrogens with one attached hydrogen (secondary N) is 1. The van der Waals surface area contributed by atoms with E-state index in [1.807, 2.05) is 18.2 Å². The quantitative estimate of drug-likeness (QED) is 0.875. The molecule has 1 N–H and O–H groups in total. The summed E-state index contributed by atoms with van der Waals surface area (Å²) in [4.78, 5) is 3.96. The maximum absolute atomic E-state index is 5.67. The van der Waals surface area contributed by atoms with Gasteiger partial charge in [-0.1, -0.05) is 11.6 Å². The van der Waals surface area contributed by atoms with Crippen molar-refractivity contribution in [3.05, 3.63) is 46.0 Å². The van der Waals surface area contributed by atoms with Crippen molar-refractivity contribution >= 4 is 33.2 Å². The van der Waals surface area contributed by atoms with Gasteiger partial charge in [-0.3, -0.25) is 0 Å². The standard InChI is InChI=1S/C10H8BrClN2O/c11-9-3-2-8(15-9)6-13-7-1-4-10(12)14-5-7/h1-5,13H,6H2. The fraction of sp³-hybridized carbons (Fsp3) is 0.100. The van der Waals surface area contributed by atoms with E-state index in [1.54, 1.807) is 12.3 Å². The second-order valence-electron chi connectivity index (χ2n) is 2.93. The Morgan fingerprint density at radius 1 is 1.33 bits per heavy atom. The highest BCUT2D eigenvalue weighted by molar-refractivity contribution is 9.10. The van der Waals surface area contributed by atoms with E-state index in [2.05, 4.69) is 26.2 Å². The lowest BCUT2D eigenvalue weighted by molar-refractivity contribution is 0.495. The Hall–Kier alpha value is -1.00. The molecule has 2 heterocycles. The van der Waals surface area contributed by atoms with Gasteiger partial charge in [0.2, 0.25) is 0 Å². The van der Waals surface area contributed by atoms with Crippen LogP contribution < -0.4 is 5.32 Å². The molecule has 0 amide bonds. The number of aromatic nitrogens is 1. The van der Waals surface area contributed by atoms with Gasteiger partial charge in [-0.2, -0.15) is 0 Å². The van der Waals surface area contributed by atoms with Crippen LogP contribution in [0.4, 0.5) is 5.69 Å². The molecule has 15 heavy (non-hydrogen) atoms. The first-order valence-corrected chi connectivity index (χ1v) is 5.51. The molecule has 2 aromatic rings. The van der Waals surface area contributed by atoms with Gasteiger partial charge in [0, 0.05) is 0 Å². The molecule has 78 valence electrons. The van der Waals surface area contributed by atoms with Gasteiger partial charge in [-0.05, 0) is 40.2 Å². The average molecular weight is 288 g/mol. The highest BCUT2D eigenvalue weighted by atomic mass is 79.9. The smallest absolute Gasteiger partial charge is 0.169 e. The fourth-order valence-corrected chi connectivity index (χ4v) is 1.57. The SMILES string of the molecule is Clc1ccc(NCc2ccc(Br)o2)cn1. The van der Waals surface area contributed by atoms with Gasteiger partial charge in [0.1, 0.15) is 10.9 Å². The van der Waals surface area contributed by atoms with E-state index in [4.69, 9.17) is 16.0 Å². The first-order valence-electron chi connectivity index (χ1n) is 4.34. The summed E-state index contributed by atoms with van der Waals surface area (Å²) in [5.74, 6) is 0.858. The summed E-state index contributed by atoms with van der Waals surface area (Å²) in [5.41, 5.74) is 0.909. The Morgan fingerprint density at radius 2 is 2.20 bits per heavy atom. The Balaban J connectivity index is 1.96. The normalized spacial score (nSPS) is 10.3. The molecule has 0 aliphatic rings. The molecule has 0 bridgehead atoms. The summed E-state index contributed by atoms with van der Waals surface area (Å²) in [6.45, 7) is 0.620. The molecule has 0 saturated carbocycles. The summed E-state index contributed by atoms with van der Waals surface area (Å²) in [6, 6.07) is 7.37. The van der Waals surface area contributed by atoms with E-state index in [-0.39, 0.29) is 0 Å². The van der Waals surface area contributed by atoms with Gasteiger partial charge < -0.3 is 9.73 Å². The van der Waals surface area contributed by atoms with Crippen LogP contribution in [0.1, 0.15) is 5.76 Å². The van der Waals surface area contributed by atoms with Gasteiger partial charge in [-0.15, -0.1) is 0 Å². The lowest BCUT2D eigenvalue weighted by Gasteiger charge is -2.02. The third-order valence-electron chi connectivity index (χ3n) is 1.82. The average Bonchev–Trinajstić information content (AvgIpc) is 2.64. The zero-order valence-corrected chi connectivity index (χ0v) is 10.0. The largest absolute Gasteiger partial charge is 0.452 e. The minimum atomic E-state index is 0.487. The van der Waals surface area contributed by atoms with Crippen molar-refractivity contribution in [2.24, 2.45) is 0 Å². The molecule has 5 heteroatoms. The molecule has 3 nitrogen and oxygen atoms in total. The topological polar surface area (TPSA) is 38.1 Å². The van der Waals surface area contributed by atoms with Crippen molar-refractivity contribution in [3.63, 3.8) is 0 Å². The van der Waals surface area contributed by atoms with E-state index in [1.165, 1.54) is 0 Å². The first kappa shape index (κ1) is 10.5. The molecule has 0 atom stereocenters. The molecular formula is C10H8BrClN2O. The van der Waals surface area contributed by atoms with E-state index in [0.29, 0.717) is 11.7 Å². The zero-order valence-electron chi connectivity index (χ0n) is 7.71. The van der Waals surface area contributed by atoms with Crippen LogP contribution in [0.25, 0.3) is 0 Å². The Kier molecular flexibility index (Phi) is 3.28. The second kappa shape index (κ2) is 4.68. The van der Waals surface area contributed by atoms with Gasteiger partial charge in [0.05, 0.1) is 18.4 Å². The summed E-state index contributed by atoms with van der Waals surface area (Å²) in [7, 11) is 0. The Labute approximate surface area is 101 Å². The van der Waals surface area contributed by atoms with E-state index in [0.717, 1.165) is 16.1 Å². The van der Waals surface area contributed by atoms with Crippen molar-refractivity contribution < 1.29 is 4.42 Å². The third kappa shape index (κ3) is 2.97. The van der Waals surface area contributed by atoms with Crippen LogP contribution in [-0.4, -0.2) is 4.98 Å². The van der Waals surface area contributed by atoms with Gasteiger partial charge >= 0.3 is 0 Å². The van der Waals surface area contributed by atoms with Crippen LogP contribution in [0.5, 0.6) is 0 Å². The Bertz CT molecular complexity index is 441.